The third-order valence-corrected chi connectivity index (χ3v) is 5.54. The molecule has 1 atom stereocenters. The van der Waals surface area contributed by atoms with Crippen molar-refractivity contribution in [2.45, 2.75) is 32.1 Å². The van der Waals surface area contributed by atoms with Crippen LogP contribution in [-0.2, 0) is 19.1 Å². The van der Waals surface area contributed by atoms with Crippen molar-refractivity contribution >= 4 is 0 Å². The molecule has 1 aliphatic rings. The molecule has 1 aromatic heterocycles. The predicted octanol–water partition coefficient (Wildman–Crippen LogP) is 4.89. The van der Waals surface area contributed by atoms with Gasteiger partial charge in [0.1, 0.15) is 0 Å². The summed E-state index contributed by atoms with van der Waals surface area (Å²) in [4.78, 5) is 6.54. The number of ether oxygens (including phenoxy) is 2. The molecule has 0 fully saturated rings. The number of methoxy groups -OCH3 is 2. The molecule has 0 N–H and O–H groups in total. The fourth-order valence-electron chi connectivity index (χ4n) is 3.75. The fourth-order valence-corrected chi connectivity index (χ4v) is 3.75. The maximum atomic E-state index is 13.0. The van der Waals surface area contributed by atoms with Gasteiger partial charge in [0.2, 0.25) is 11.7 Å². The van der Waals surface area contributed by atoms with Gasteiger partial charge >= 0.3 is 6.18 Å². The lowest BCUT2D eigenvalue weighted by molar-refractivity contribution is -0.137. The van der Waals surface area contributed by atoms with Crippen LogP contribution in [-0.4, -0.2) is 35.8 Å². The van der Waals surface area contributed by atoms with Gasteiger partial charge in [0.15, 0.2) is 11.5 Å². The van der Waals surface area contributed by atoms with Crippen molar-refractivity contribution in [1.82, 2.24) is 15.0 Å². The average molecular weight is 433 g/mol. The number of benzene rings is 2. The van der Waals surface area contributed by atoms with Gasteiger partial charge in [-0.1, -0.05) is 17.3 Å². The summed E-state index contributed by atoms with van der Waals surface area (Å²) >= 11 is 0. The second-order valence-electron chi connectivity index (χ2n) is 7.41. The number of fused-ring (bicyclic) bond motifs is 1. The van der Waals surface area contributed by atoms with Crippen LogP contribution < -0.4 is 9.47 Å². The van der Waals surface area contributed by atoms with E-state index >= 15 is 0 Å². The highest BCUT2D eigenvalue weighted by Gasteiger charge is 2.31. The third-order valence-electron chi connectivity index (χ3n) is 5.54. The smallest absolute Gasteiger partial charge is 0.416 e. The Balaban J connectivity index is 1.54. The zero-order valence-electron chi connectivity index (χ0n) is 17.4. The molecule has 0 bridgehead atoms. The topological polar surface area (TPSA) is 60.6 Å². The molecule has 2 aromatic carbocycles. The molecule has 3 aromatic rings. The van der Waals surface area contributed by atoms with Crippen molar-refractivity contribution in [1.29, 1.82) is 0 Å². The number of halogens is 3. The van der Waals surface area contributed by atoms with E-state index in [1.165, 1.54) is 17.7 Å². The third kappa shape index (κ3) is 4.23. The van der Waals surface area contributed by atoms with Gasteiger partial charge in [-0.05, 0) is 48.7 Å². The number of rotatable bonds is 5. The van der Waals surface area contributed by atoms with Gasteiger partial charge in [-0.25, -0.2) is 0 Å². The molecule has 6 nitrogen and oxygen atoms in total. The molecule has 0 aliphatic carbocycles. The minimum absolute atomic E-state index is 0.136. The second kappa shape index (κ2) is 8.22. The molecule has 1 aliphatic heterocycles. The molecule has 0 saturated carbocycles. The van der Waals surface area contributed by atoms with Crippen molar-refractivity contribution in [3.63, 3.8) is 0 Å². The average Bonchev–Trinajstić information content (AvgIpc) is 3.27. The molecule has 4 rings (SSSR count). The molecule has 31 heavy (non-hydrogen) atoms. The first-order valence-corrected chi connectivity index (χ1v) is 9.79. The summed E-state index contributed by atoms with van der Waals surface area (Å²) < 4.78 is 55.2. The number of hydrogen-bond acceptors (Lipinski definition) is 6. The largest absolute Gasteiger partial charge is 0.493 e. The van der Waals surface area contributed by atoms with Crippen molar-refractivity contribution < 1.29 is 27.2 Å². The SMILES string of the molecule is COc1cc2c(cc1OC)CN([C@@H](C)c1nc(-c3cccc(C(F)(F)F)c3)no1)CC2. The van der Waals surface area contributed by atoms with Gasteiger partial charge in [-0.2, -0.15) is 18.2 Å². The first-order valence-electron chi connectivity index (χ1n) is 9.79. The van der Waals surface area contributed by atoms with Crippen LogP contribution in [0.3, 0.4) is 0 Å². The number of hydrogen-bond donors (Lipinski definition) is 0. The minimum Gasteiger partial charge on any atom is -0.493 e. The van der Waals surface area contributed by atoms with Crippen molar-refractivity contribution in [3.8, 4) is 22.9 Å². The van der Waals surface area contributed by atoms with Gasteiger partial charge in [0, 0.05) is 18.7 Å². The highest BCUT2D eigenvalue weighted by atomic mass is 19.4. The van der Waals surface area contributed by atoms with E-state index in [1.54, 1.807) is 14.2 Å². The van der Waals surface area contributed by atoms with Crippen molar-refractivity contribution in [2.75, 3.05) is 20.8 Å². The number of alkyl halides is 3. The molecule has 0 radical (unpaired) electrons. The van der Waals surface area contributed by atoms with Crippen LogP contribution in [0.4, 0.5) is 13.2 Å². The van der Waals surface area contributed by atoms with Gasteiger partial charge in [0.05, 0.1) is 25.8 Å². The summed E-state index contributed by atoms with van der Waals surface area (Å²) in [6, 6.07) is 8.67. The van der Waals surface area contributed by atoms with Crippen LogP contribution in [0.15, 0.2) is 40.9 Å². The Morgan fingerprint density at radius 2 is 1.77 bits per heavy atom. The van der Waals surface area contributed by atoms with E-state index in [9.17, 15) is 13.2 Å². The maximum Gasteiger partial charge on any atom is 0.416 e. The van der Waals surface area contributed by atoms with E-state index in [0.29, 0.717) is 23.9 Å². The quantitative estimate of drug-likeness (QED) is 0.571. The van der Waals surface area contributed by atoms with E-state index in [-0.39, 0.29) is 17.4 Å². The normalized spacial score (nSPS) is 15.4. The van der Waals surface area contributed by atoms with E-state index in [4.69, 9.17) is 14.0 Å². The lowest BCUT2D eigenvalue weighted by atomic mass is 9.97. The number of nitrogens with zero attached hydrogens (tertiary/aromatic N) is 3. The van der Waals surface area contributed by atoms with Crippen molar-refractivity contribution in [3.05, 3.63) is 59.0 Å². The van der Waals surface area contributed by atoms with Crippen LogP contribution >= 0.6 is 0 Å². The summed E-state index contributed by atoms with van der Waals surface area (Å²) in [5.74, 6) is 1.86. The second-order valence-corrected chi connectivity index (χ2v) is 7.41. The molecule has 0 unspecified atom stereocenters. The zero-order chi connectivity index (χ0) is 22.2. The zero-order valence-corrected chi connectivity index (χ0v) is 17.4. The first kappa shape index (κ1) is 21.2. The molecule has 0 amide bonds. The van der Waals surface area contributed by atoms with E-state index < -0.39 is 11.7 Å². The molecule has 0 spiro atoms. The molecular formula is C22H22F3N3O3. The highest BCUT2D eigenvalue weighted by molar-refractivity contribution is 5.56. The molecule has 9 heteroatoms. The lowest BCUT2D eigenvalue weighted by Gasteiger charge is -2.32. The van der Waals surface area contributed by atoms with E-state index in [2.05, 4.69) is 15.0 Å². The minimum atomic E-state index is -4.43. The van der Waals surface area contributed by atoms with E-state index in [0.717, 1.165) is 30.7 Å². The summed E-state index contributed by atoms with van der Waals surface area (Å²) in [6.45, 7) is 3.36. The molecule has 0 saturated heterocycles. The predicted molar refractivity (Wildman–Crippen MR) is 107 cm³/mol. The van der Waals surface area contributed by atoms with Gasteiger partial charge in [-0.15, -0.1) is 0 Å². The van der Waals surface area contributed by atoms with Gasteiger partial charge < -0.3 is 14.0 Å². The van der Waals surface area contributed by atoms with Crippen LogP contribution in [0, 0.1) is 0 Å². The Hall–Kier alpha value is -3.07. The molecule has 2 heterocycles. The Labute approximate surface area is 177 Å². The summed E-state index contributed by atoms with van der Waals surface area (Å²) in [5, 5.41) is 3.90. The standard InChI is InChI=1S/C22H22F3N3O3/c1-13(28-8-7-14-10-18(29-2)19(30-3)11-16(14)12-28)21-26-20(27-31-21)15-5-4-6-17(9-15)22(23,24)25/h4-6,9-11,13H,7-8,12H2,1-3H3/t13-/m0/s1. The monoisotopic (exact) mass is 433 g/mol. The lowest BCUT2D eigenvalue weighted by Crippen LogP contribution is -2.33. The molecular weight excluding hydrogens is 411 g/mol. The van der Waals surface area contributed by atoms with Crippen LogP contribution in [0.2, 0.25) is 0 Å². The van der Waals surface area contributed by atoms with Crippen LogP contribution in [0.1, 0.15) is 35.5 Å². The van der Waals surface area contributed by atoms with E-state index in [1.807, 2.05) is 19.1 Å². The Morgan fingerprint density at radius 1 is 1.06 bits per heavy atom. The Morgan fingerprint density at radius 3 is 2.45 bits per heavy atom. The highest BCUT2D eigenvalue weighted by Crippen LogP contribution is 2.36. The van der Waals surface area contributed by atoms with Crippen molar-refractivity contribution in [2.24, 2.45) is 0 Å². The maximum absolute atomic E-state index is 13.0. The molecule has 164 valence electrons. The summed E-state index contributed by atoms with van der Waals surface area (Å²) in [5.41, 5.74) is 1.82. The number of aromatic nitrogens is 2. The summed E-state index contributed by atoms with van der Waals surface area (Å²) in [6.07, 6.45) is -3.62. The first-order chi connectivity index (χ1) is 14.8. The fraction of sp³-hybridized carbons (Fsp3) is 0.364. The van der Waals surface area contributed by atoms with Crippen LogP contribution in [0.25, 0.3) is 11.4 Å². The van der Waals surface area contributed by atoms with Crippen LogP contribution in [0.5, 0.6) is 11.5 Å². The Kier molecular flexibility index (Phi) is 5.62. The van der Waals surface area contributed by atoms with Gasteiger partial charge in [-0.3, -0.25) is 4.90 Å². The Bertz CT molecular complexity index is 1080. The summed E-state index contributed by atoms with van der Waals surface area (Å²) in [7, 11) is 3.21. The van der Waals surface area contributed by atoms with Gasteiger partial charge in [0.25, 0.3) is 0 Å².